The Morgan fingerprint density at radius 2 is 1.67 bits per heavy atom. The molecule has 0 radical (unpaired) electrons. The van der Waals surface area contributed by atoms with Crippen LogP contribution in [0.25, 0.3) is 0 Å². The minimum atomic E-state index is -2.97. The second-order valence-corrected chi connectivity index (χ2v) is 6.76. The van der Waals surface area contributed by atoms with Crippen LogP contribution in [0.4, 0.5) is 0 Å². The van der Waals surface area contributed by atoms with E-state index in [1.165, 1.54) is 19.1 Å². The van der Waals surface area contributed by atoms with Crippen LogP contribution in [0.5, 0.6) is 0 Å². The van der Waals surface area contributed by atoms with Crippen LogP contribution < -0.4 is 0 Å². The van der Waals surface area contributed by atoms with Gasteiger partial charge in [-0.3, -0.25) is 4.90 Å². The zero-order valence-corrected chi connectivity index (χ0v) is 10.3. The third-order valence-corrected chi connectivity index (χ3v) is 4.93. The molecule has 1 saturated heterocycles. The van der Waals surface area contributed by atoms with Crippen LogP contribution in [0, 0.1) is 5.92 Å². The lowest BCUT2D eigenvalue weighted by Crippen LogP contribution is -2.51. The topological polar surface area (TPSA) is 40.6 Å². The van der Waals surface area contributed by atoms with Crippen LogP contribution in [-0.4, -0.2) is 56.1 Å². The molecule has 0 spiro atoms. The lowest BCUT2D eigenvalue weighted by molar-refractivity contribution is 0.133. The Labute approximate surface area is 92.3 Å². The summed E-state index contributed by atoms with van der Waals surface area (Å²) in [6.45, 7) is 5.38. The first kappa shape index (κ1) is 11.4. The van der Waals surface area contributed by atoms with Crippen LogP contribution >= 0.6 is 0 Å². The van der Waals surface area contributed by atoms with Gasteiger partial charge < -0.3 is 0 Å². The Bertz CT molecular complexity index is 316. The van der Waals surface area contributed by atoms with E-state index in [0.717, 1.165) is 19.0 Å². The number of rotatable bonds is 3. The van der Waals surface area contributed by atoms with E-state index >= 15 is 0 Å². The summed E-state index contributed by atoms with van der Waals surface area (Å²) in [5.41, 5.74) is 0. The van der Waals surface area contributed by atoms with Gasteiger partial charge in [0.05, 0.1) is 6.26 Å². The molecule has 0 aromatic rings. The molecule has 2 rings (SSSR count). The molecule has 88 valence electrons. The summed E-state index contributed by atoms with van der Waals surface area (Å²) in [4.78, 5) is 2.43. The van der Waals surface area contributed by atoms with Gasteiger partial charge >= 0.3 is 0 Å². The monoisotopic (exact) mass is 232 g/mol. The largest absolute Gasteiger partial charge is 0.298 e. The van der Waals surface area contributed by atoms with Crippen molar-refractivity contribution in [2.45, 2.75) is 25.8 Å². The predicted octanol–water partition coefficient (Wildman–Crippen LogP) is 0.362. The zero-order chi connectivity index (χ0) is 11.1. The van der Waals surface area contributed by atoms with Crippen molar-refractivity contribution >= 4 is 10.0 Å². The fourth-order valence-electron chi connectivity index (χ4n) is 2.32. The molecule has 0 bridgehead atoms. The Kier molecular flexibility index (Phi) is 3.05. The van der Waals surface area contributed by atoms with E-state index in [0.29, 0.717) is 19.1 Å². The highest BCUT2D eigenvalue weighted by Crippen LogP contribution is 2.35. The van der Waals surface area contributed by atoms with Crippen molar-refractivity contribution in [2.24, 2.45) is 5.92 Å². The normalized spacial score (nSPS) is 27.9. The first-order valence-corrected chi connectivity index (χ1v) is 7.52. The van der Waals surface area contributed by atoms with Crippen molar-refractivity contribution in [3.63, 3.8) is 0 Å². The van der Waals surface area contributed by atoms with E-state index in [-0.39, 0.29) is 0 Å². The van der Waals surface area contributed by atoms with Gasteiger partial charge in [-0.05, 0) is 25.7 Å². The molecular formula is C10H20N2O2S. The number of hydrogen-bond donors (Lipinski definition) is 0. The third kappa shape index (κ3) is 2.71. The fourth-order valence-corrected chi connectivity index (χ4v) is 3.15. The molecule has 1 atom stereocenters. The smallest absolute Gasteiger partial charge is 0.211 e. The zero-order valence-electron chi connectivity index (χ0n) is 9.52. The van der Waals surface area contributed by atoms with E-state index in [2.05, 4.69) is 11.8 Å². The van der Waals surface area contributed by atoms with E-state index in [4.69, 9.17) is 0 Å². The predicted molar refractivity (Wildman–Crippen MR) is 60.2 cm³/mol. The van der Waals surface area contributed by atoms with Crippen LogP contribution in [0.3, 0.4) is 0 Å². The maximum absolute atomic E-state index is 11.3. The lowest BCUT2D eigenvalue weighted by atomic mass is 10.1. The summed E-state index contributed by atoms with van der Waals surface area (Å²) in [6, 6.07) is 0.645. The quantitative estimate of drug-likeness (QED) is 0.705. The molecule has 5 heteroatoms. The van der Waals surface area contributed by atoms with Crippen LogP contribution in [0.1, 0.15) is 19.8 Å². The van der Waals surface area contributed by atoms with Gasteiger partial charge in [0, 0.05) is 32.2 Å². The van der Waals surface area contributed by atoms with Crippen molar-refractivity contribution in [1.29, 1.82) is 0 Å². The highest BCUT2D eigenvalue weighted by atomic mass is 32.2. The van der Waals surface area contributed by atoms with Crippen molar-refractivity contribution in [3.8, 4) is 0 Å². The third-order valence-electron chi connectivity index (χ3n) is 3.62. The highest BCUT2D eigenvalue weighted by Gasteiger charge is 2.34. The Balaban J connectivity index is 1.86. The summed E-state index contributed by atoms with van der Waals surface area (Å²) in [7, 11) is -2.97. The molecule has 0 aromatic carbocycles. The van der Waals surface area contributed by atoms with E-state index in [9.17, 15) is 8.42 Å². The SMILES string of the molecule is CC(C1CC1)N1CCN(S(C)(=O)=O)CC1. The van der Waals surface area contributed by atoms with Gasteiger partial charge in [0.15, 0.2) is 0 Å². The summed E-state index contributed by atoms with van der Waals surface area (Å²) in [5, 5.41) is 0. The summed E-state index contributed by atoms with van der Waals surface area (Å²) < 4.78 is 24.2. The molecule has 1 aliphatic carbocycles. The Hall–Kier alpha value is -0.130. The maximum atomic E-state index is 11.3. The lowest BCUT2D eigenvalue weighted by Gasteiger charge is -2.37. The summed E-state index contributed by atoms with van der Waals surface area (Å²) in [6.07, 6.45) is 4.01. The fraction of sp³-hybridized carbons (Fsp3) is 1.00. The molecular weight excluding hydrogens is 212 g/mol. The molecule has 0 N–H and O–H groups in total. The van der Waals surface area contributed by atoms with Gasteiger partial charge in [-0.15, -0.1) is 0 Å². The van der Waals surface area contributed by atoms with E-state index in [1.54, 1.807) is 4.31 Å². The van der Waals surface area contributed by atoms with Gasteiger partial charge in [-0.25, -0.2) is 8.42 Å². The Morgan fingerprint density at radius 3 is 2.07 bits per heavy atom. The number of piperazine rings is 1. The van der Waals surface area contributed by atoms with E-state index in [1.807, 2.05) is 0 Å². The van der Waals surface area contributed by atoms with Crippen LogP contribution in [-0.2, 0) is 10.0 Å². The Morgan fingerprint density at radius 1 is 1.13 bits per heavy atom. The summed E-state index contributed by atoms with van der Waals surface area (Å²) >= 11 is 0. The van der Waals surface area contributed by atoms with Crippen molar-refractivity contribution < 1.29 is 8.42 Å². The molecule has 1 saturated carbocycles. The first-order chi connectivity index (χ1) is 6.98. The first-order valence-electron chi connectivity index (χ1n) is 5.67. The van der Waals surface area contributed by atoms with Crippen molar-refractivity contribution in [1.82, 2.24) is 9.21 Å². The van der Waals surface area contributed by atoms with Gasteiger partial charge in [-0.1, -0.05) is 0 Å². The number of sulfonamides is 1. The van der Waals surface area contributed by atoms with Gasteiger partial charge in [0.2, 0.25) is 10.0 Å². The van der Waals surface area contributed by atoms with Crippen LogP contribution in [0.15, 0.2) is 0 Å². The summed E-state index contributed by atoms with van der Waals surface area (Å²) in [5.74, 6) is 0.870. The standard InChI is InChI=1S/C10H20N2O2S/c1-9(10-3-4-10)11-5-7-12(8-6-11)15(2,13)14/h9-10H,3-8H2,1-2H3. The number of hydrogen-bond acceptors (Lipinski definition) is 3. The van der Waals surface area contributed by atoms with Crippen molar-refractivity contribution in [3.05, 3.63) is 0 Å². The molecule has 1 aliphatic heterocycles. The second-order valence-electron chi connectivity index (χ2n) is 4.78. The second kappa shape index (κ2) is 4.03. The minimum absolute atomic E-state index is 0.645. The van der Waals surface area contributed by atoms with Gasteiger partial charge in [0.25, 0.3) is 0 Å². The molecule has 2 fully saturated rings. The molecule has 1 unspecified atom stereocenters. The molecule has 15 heavy (non-hydrogen) atoms. The molecule has 1 heterocycles. The molecule has 0 amide bonds. The van der Waals surface area contributed by atoms with E-state index < -0.39 is 10.0 Å². The molecule has 0 aromatic heterocycles. The van der Waals surface area contributed by atoms with Crippen LogP contribution in [0.2, 0.25) is 0 Å². The minimum Gasteiger partial charge on any atom is -0.298 e. The maximum Gasteiger partial charge on any atom is 0.211 e. The number of nitrogens with zero attached hydrogens (tertiary/aromatic N) is 2. The molecule has 2 aliphatic rings. The van der Waals surface area contributed by atoms with Gasteiger partial charge in [0.1, 0.15) is 0 Å². The highest BCUT2D eigenvalue weighted by molar-refractivity contribution is 7.88. The average molecular weight is 232 g/mol. The van der Waals surface area contributed by atoms with Gasteiger partial charge in [-0.2, -0.15) is 4.31 Å². The molecule has 4 nitrogen and oxygen atoms in total. The average Bonchev–Trinajstić information content (AvgIpc) is 2.99. The van der Waals surface area contributed by atoms with Crippen molar-refractivity contribution in [2.75, 3.05) is 32.4 Å².